The summed E-state index contributed by atoms with van der Waals surface area (Å²) in [6, 6.07) is 8.87. The van der Waals surface area contributed by atoms with Gasteiger partial charge < -0.3 is 14.8 Å². The zero-order chi connectivity index (χ0) is 17.8. The summed E-state index contributed by atoms with van der Waals surface area (Å²) in [4.78, 5) is 13.1. The van der Waals surface area contributed by atoms with Crippen LogP contribution in [0.25, 0.3) is 0 Å². The first kappa shape index (κ1) is 17.5. The van der Waals surface area contributed by atoms with Gasteiger partial charge in [0.05, 0.1) is 18.5 Å². The fourth-order valence-electron chi connectivity index (χ4n) is 2.32. The Balaban J connectivity index is 1.68. The highest BCUT2D eigenvalue weighted by atomic mass is 32.2. The van der Waals surface area contributed by atoms with Crippen LogP contribution in [0.15, 0.2) is 41.3 Å². The fourth-order valence-corrected chi connectivity index (χ4v) is 3.21. The van der Waals surface area contributed by atoms with Gasteiger partial charge in [-0.05, 0) is 37.3 Å². The number of halogens is 2. The van der Waals surface area contributed by atoms with Crippen LogP contribution >= 0.6 is 11.8 Å². The molecule has 4 nitrogen and oxygen atoms in total. The topological polar surface area (TPSA) is 47.6 Å². The van der Waals surface area contributed by atoms with E-state index in [-0.39, 0.29) is 0 Å². The highest BCUT2D eigenvalue weighted by molar-refractivity contribution is 8.00. The standard InChI is InChI=1S/C18H17F2NO3S/c1-11(18(22)21-17-13(19)4-2-5-14(17)20)25-12-6-7-15-16(10-12)24-9-3-8-23-15/h2,4-7,10-11H,3,8-9H2,1H3,(H,21,22)/t11-/m1/s1. The number of carbonyl (C=O) groups is 1. The van der Waals surface area contributed by atoms with Crippen LogP contribution in [-0.2, 0) is 4.79 Å². The first-order valence-electron chi connectivity index (χ1n) is 7.86. The number of benzene rings is 2. The lowest BCUT2D eigenvalue weighted by atomic mass is 10.3. The Hall–Kier alpha value is -2.28. The molecular weight excluding hydrogens is 348 g/mol. The molecule has 1 amide bonds. The number of anilines is 1. The number of nitrogens with one attached hydrogen (secondary N) is 1. The van der Waals surface area contributed by atoms with Crippen LogP contribution in [0.1, 0.15) is 13.3 Å². The third kappa shape index (κ3) is 4.22. The van der Waals surface area contributed by atoms with E-state index in [9.17, 15) is 13.6 Å². The molecule has 2 aromatic carbocycles. The van der Waals surface area contributed by atoms with Gasteiger partial charge in [-0.2, -0.15) is 0 Å². The summed E-state index contributed by atoms with van der Waals surface area (Å²) in [5.41, 5.74) is -0.432. The van der Waals surface area contributed by atoms with Gasteiger partial charge in [-0.15, -0.1) is 11.8 Å². The molecule has 0 aliphatic carbocycles. The minimum absolute atomic E-state index is 0.432. The van der Waals surface area contributed by atoms with E-state index in [2.05, 4.69) is 5.32 Å². The molecule has 132 valence electrons. The third-order valence-electron chi connectivity index (χ3n) is 3.61. The first-order chi connectivity index (χ1) is 12.0. The summed E-state index contributed by atoms with van der Waals surface area (Å²) in [5.74, 6) is -0.786. The van der Waals surface area contributed by atoms with E-state index in [0.717, 1.165) is 23.4 Å². The number of rotatable bonds is 4. The maximum atomic E-state index is 13.6. The predicted octanol–water partition coefficient (Wildman–Crippen LogP) is 4.25. The molecule has 1 N–H and O–H groups in total. The molecule has 0 spiro atoms. The zero-order valence-electron chi connectivity index (χ0n) is 13.6. The quantitative estimate of drug-likeness (QED) is 0.823. The number of fused-ring (bicyclic) bond motifs is 1. The molecule has 3 rings (SSSR count). The van der Waals surface area contributed by atoms with Gasteiger partial charge in [0.2, 0.25) is 5.91 Å². The summed E-state index contributed by atoms with van der Waals surface area (Å²) < 4.78 is 38.5. The minimum Gasteiger partial charge on any atom is -0.490 e. The van der Waals surface area contributed by atoms with E-state index in [1.807, 2.05) is 6.07 Å². The maximum absolute atomic E-state index is 13.6. The van der Waals surface area contributed by atoms with Crippen molar-refractivity contribution in [1.29, 1.82) is 0 Å². The number of hydrogen-bond donors (Lipinski definition) is 1. The molecule has 1 atom stereocenters. The monoisotopic (exact) mass is 365 g/mol. The van der Waals surface area contributed by atoms with Crippen LogP contribution in [0.4, 0.5) is 14.5 Å². The lowest BCUT2D eigenvalue weighted by Gasteiger charge is -2.14. The average Bonchev–Trinajstić information content (AvgIpc) is 2.83. The van der Waals surface area contributed by atoms with Gasteiger partial charge in [0, 0.05) is 11.3 Å². The average molecular weight is 365 g/mol. The Morgan fingerprint density at radius 3 is 2.52 bits per heavy atom. The van der Waals surface area contributed by atoms with E-state index in [0.29, 0.717) is 24.7 Å². The fraction of sp³-hybridized carbons (Fsp3) is 0.278. The summed E-state index contributed by atoms with van der Waals surface area (Å²) >= 11 is 1.27. The van der Waals surface area contributed by atoms with Crippen molar-refractivity contribution >= 4 is 23.4 Å². The second kappa shape index (κ2) is 7.74. The van der Waals surface area contributed by atoms with Gasteiger partial charge in [-0.25, -0.2) is 8.78 Å². The second-order valence-electron chi connectivity index (χ2n) is 5.51. The molecule has 7 heteroatoms. The Bertz CT molecular complexity index is 765. The Morgan fingerprint density at radius 1 is 1.12 bits per heavy atom. The summed E-state index contributed by atoms with van der Waals surface area (Å²) in [5, 5.41) is 1.75. The van der Waals surface area contributed by atoms with Crippen molar-refractivity contribution in [3.63, 3.8) is 0 Å². The molecule has 1 aliphatic heterocycles. The summed E-state index contributed by atoms with van der Waals surface area (Å²) in [6.45, 7) is 2.85. The molecule has 0 saturated carbocycles. The van der Waals surface area contributed by atoms with Crippen LogP contribution < -0.4 is 14.8 Å². The van der Waals surface area contributed by atoms with Gasteiger partial charge in [-0.3, -0.25) is 4.79 Å². The predicted molar refractivity (Wildman–Crippen MR) is 92.4 cm³/mol. The van der Waals surface area contributed by atoms with Gasteiger partial charge in [-0.1, -0.05) is 6.07 Å². The zero-order valence-corrected chi connectivity index (χ0v) is 14.4. The van der Waals surface area contributed by atoms with E-state index >= 15 is 0 Å². The molecule has 1 aliphatic rings. The van der Waals surface area contributed by atoms with E-state index < -0.39 is 28.5 Å². The third-order valence-corrected chi connectivity index (χ3v) is 4.71. The highest BCUT2D eigenvalue weighted by Gasteiger charge is 2.19. The second-order valence-corrected chi connectivity index (χ2v) is 6.92. The van der Waals surface area contributed by atoms with Crippen molar-refractivity contribution in [1.82, 2.24) is 0 Å². The summed E-state index contributed by atoms with van der Waals surface area (Å²) in [7, 11) is 0. The number of carbonyl (C=O) groups excluding carboxylic acids is 1. The normalized spacial score (nSPS) is 14.5. The lowest BCUT2D eigenvalue weighted by Crippen LogP contribution is -2.23. The van der Waals surface area contributed by atoms with Crippen LogP contribution in [0, 0.1) is 11.6 Å². The lowest BCUT2D eigenvalue weighted by molar-refractivity contribution is -0.115. The van der Waals surface area contributed by atoms with Gasteiger partial charge in [0.25, 0.3) is 0 Å². The first-order valence-corrected chi connectivity index (χ1v) is 8.74. The molecule has 0 radical (unpaired) electrons. The van der Waals surface area contributed by atoms with Crippen molar-refractivity contribution < 1.29 is 23.0 Å². The number of amides is 1. The molecule has 0 unspecified atom stereocenters. The van der Waals surface area contributed by atoms with Crippen molar-refractivity contribution in [3.05, 3.63) is 48.0 Å². The Morgan fingerprint density at radius 2 is 1.80 bits per heavy atom. The molecular formula is C18H17F2NO3S. The molecule has 25 heavy (non-hydrogen) atoms. The molecule has 0 aromatic heterocycles. The van der Waals surface area contributed by atoms with E-state index in [4.69, 9.17) is 9.47 Å². The number of ether oxygens (including phenoxy) is 2. The Labute approximate surface area is 148 Å². The minimum atomic E-state index is -0.805. The highest BCUT2D eigenvalue weighted by Crippen LogP contribution is 2.35. The smallest absolute Gasteiger partial charge is 0.237 e. The summed E-state index contributed by atoms with van der Waals surface area (Å²) in [6.07, 6.45) is 0.810. The van der Waals surface area contributed by atoms with E-state index in [1.165, 1.54) is 17.8 Å². The van der Waals surface area contributed by atoms with Gasteiger partial charge >= 0.3 is 0 Å². The number of para-hydroxylation sites is 1. The van der Waals surface area contributed by atoms with Crippen LogP contribution in [0.5, 0.6) is 11.5 Å². The van der Waals surface area contributed by atoms with Gasteiger partial charge in [0.1, 0.15) is 17.3 Å². The number of thioether (sulfide) groups is 1. The molecule has 1 heterocycles. The number of hydrogen-bond acceptors (Lipinski definition) is 4. The van der Waals surface area contributed by atoms with Crippen LogP contribution in [0.3, 0.4) is 0 Å². The Kier molecular flexibility index (Phi) is 5.43. The SMILES string of the molecule is C[C@@H](Sc1ccc2c(c1)OCCCO2)C(=O)Nc1c(F)cccc1F. The molecule has 2 aromatic rings. The van der Waals surface area contributed by atoms with Crippen molar-refractivity contribution in [2.45, 2.75) is 23.5 Å². The van der Waals surface area contributed by atoms with Crippen LogP contribution in [0.2, 0.25) is 0 Å². The van der Waals surface area contributed by atoms with Crippen molar-refractivity contribution in [3.8, 4) is 11.5 Å². The van der Waals surface area contributed by atoms with Crippen molar-refractivity contribution in [2.75, 3.05) is 18.5 Å². The molecule has 0 bridgehead atoms. The van der Waals surface area contributed by atoms with Gasteiger partial charge in [0.15, 0.2) is 11.5 Å². The largest absolute Gasteiger partial charge is 0.490 e. The van der Waals surface area contributed by atoms with Crippen molar-refractivity contribution in [2.24, 2.45) is 0 Å². The van der Waals surface area contributed by atoms with E-state index in [1.54, 1.807) is 19.1 Å². The molecule has 0 fully saturated rings. The molecule has 0 saturated heterocycles. The maximum Gasteiger partial charge on any atom is 0.237 e. The van der Waals surface area contributed by atoms with Crippen LogP contribution in [-0.4, -0.2) is 24.4 Å².